The molecule has 0 saturated carbocycles. The first kappa shape index (κ1) is 16.6. The summed E-state index contributed by atoms with van der Waals surface area (Å²) in [7, 11) is 0. The van der Waals surface area contributed by atoms with Gasteiger partial charge in [0.2, 0.25) is 0 Å². The number of carbonyl (C=O) groups excluding carboxylic acids is 1. The number of furan rings is 1. The van der Waals surface area contributed by atoms with Crippen molar-refractivity contribution in [1.82, 2.24) is 4.90 Å². The van der Waals surface area contributed by atoms with Crippen molar-refractivity contribution in [2.24, 2.45) is 0 Å². The number of carbonyl (C=O) groups is 1. The number of hydrogen-bond donors (Lipinski definition) is 0. The van der Waals surface area contributed by atoms with Crippen LogP contribution in [0, 0.1) is 0 Å². The summed E-state index contributed by atoms with van der Waals surface area (Å²) in [6.07, 6.45) is 2.31. The maximum absolute atomic E-state index is 12.4. The highest BCUT2D eigenvalue weighted by molar-refractivity contribution is 5.69. The molecule has 3 rings (SSSR count). The molecule has 0 bridgehead atoms. The Morgan fingerprint density at radius 2 is 2.08 bits per heavy atom. The Labute approximate surface area is 143 Å². The number of amides is 1. The fourth-order valence-corrected chi connectivity index (χ4v) is 3.15. The smallest absolute Gasteiger partial charge is 0.410 e. The van der Waals surface area contributed by atoms with Crippen LogP contribution in [0.5, 0.6) is 0 Å². The van der Waals surface area contributed by atoms with Crippen molar-refractivity contribution in [1.29, 1.82) is 0 Å². The minimum absolute atomic E-state index is 0.228. The van der Waals surface area contributed by atoms with E-state index in [0.717, 1.165) is 17.7 Å². The van der Waals surface area contributed by atoms with Crippen molar-refractivity contribution in [2.45, 2.75) is 45.6 Å². The topological polar surface area (TPSA) is 42.7 Å². The van der Waals surface area contributed by atoms with Gasteiger partial charge in [0.1, 0.15) is 11.4 Å². The summed E-state index contributed by atoms with van der Waals surface area (Å²) in [6, 6.07) is 10.3. The molecule has 0 radical (unpaired) electrons. The molecule has 1 amide bonds. The van der Waals surface area contributed by atoms with Gasteiger partial charge in [-0.2, -0.15) is 0 Å². The van der Waals surface area contributed by atoms with Crippen LogP contribution in [0.2, 0.25) is 0 Å². The van der Waals surface area contributed by atoms with Crippen LogP contribution in [-0.4, -0.2) is 29.7 Å². The highest BCUT2D eigenvalue weighted by Crippen LogP contribution is 2.31. The maximum atomic E-state index is 12.4. The molecule has 1 aliphatic heterocycles. The predicted octanol–water partition coefficient (Wildman–Crippen LogP) is 4.84. The summed E-state index contributed by atoms with van der Waals surface area (Å²) >= 11 is 0. The molecule has 0 saturated heterocycles. The number of ether oxygens (including phenoxy) is 1. The number of fused-ring (bicyclic) bond motifs is 1. The van der Waals surface area contributed by atoms with E-state index in [1.54, 1.807) is 6.26 Å². The molecule has 0 fully saturated rings. The molecule has 4 nitrogen and oxygen atoms in total. The number of hydrogen-bond acceptors (Lipinski definition) is 3. The Morgan fingerprint density at radius 1 is 1.29 bits per heavy atom. The van der Waals surface area contributed by atoms with Gasteiger partial charge in [0, 0.05) is 18.7 Å². The van der Waals surface area contributed by atoms with Crippen LogP contribution >= 0.6 is 0 Å². The zero-order valence-corrected chi connectivity index (χ0v) is 14.8. The molecular formula is C20H25NO3. The zero-order chi connectivity index (χ0) is 17.3. The summed E-state index contributed by atoms with van der Waals surface area (Å²) < 4.78 is 11.0. The highest BCUT2D eigenvalue weighted by Gasteiger charge is 2.27. The van der Waals surface area contributed by atoms with E-state index in [1.165, 1.54) is 11.1 Å². The first-order valence-electron chi connectivity index (χ1n) is 8.48. The van der Waals surface area contributed by atoms with E-state index < -0.39 is 5.60 Å². The number of rotatable bonds is 1. The molecule has 0 N–H and O–H groups in total. The maximum Gasteiger partial charge on any atom is 0.410 e. The Balaban J connectivity index is 1.81. The lowest BCUT2D eigenvalue weighted by atomic mass is 9.93. The second-order valence-electron chi connectivity index (χ2n) is 7.47. The second-order valence-corrected chi connectivity index (χ2v) is 7.47. The normalized spacial score (nSPS) is 18.0. The van der Waals surface area contributed by atoms with Crippen molar-refractivity contribution in [3.63, 3.8) is 0 Å². The molecule has 1 aliphatic rings. The summed E-state index contributed by atoms with van der Waals surface area (Å²) in [5.41, 5.74) is 3.20. The average molecular weight is 327 g/mol. The van der Waals surface area contributed by atoms with Gasteiger partial charge in [-0.15, -0.1) is 0 Å². The van der Waals surface area contributed by atoms with Gasteiger partial charge < -0.3 is 14.1 Å². The quantitative estimate of drug-likeness (QED) is 0.752. The van der Waals surface area contributed by atoms with Crippen LogP contribution in [0.1, 0.15) is 44.7 Å². The molecule has 0 aliphatic carbocycles. The summed E-state index contributed by atoms with van der Waals surface area (Å²) in [6.45, 7) is 9.22. The monoisotopic (exact) mass is 327 g/mol. The van der Waals surface area contributed by atoms with E-state index in [1.807, 2.05) is 37.8 Å². The minimum atomic E-state index is -0.466. The number of benzene rings is 1. The van der Waals surface area contributed by atoms with Crippen molar-refractivity contribution < 1.29 is 13.9 Å². The third-order valence-corrected chi connectivity index (χ3v) is 4.28. The van der Waals surface area contributed by atoms with Gasteiger partial charge in [0.25, 0.3) is 0 Å². The van der Waals surface area contributed by atoms with Crippen LogP contribution < -0.4 is 0 Å². The lowest BCUT2D eigenvalue weighted by Crippen LogP contribution is -2.38. The van der Waals surface area contributed by atoms with E-state index in [2.05, 4.69) is 25.1 Å². The molecule has 4 heteroatoms. The van der Waals surface area contributed by atoms with E-state index in [0.29, 0.717) is 13.1 Å². The Bertz CT molecular complexity index is 713. The largest absolute Gasteiger partial charge is 0.464 e. The first-order chi connectivity index (χ1) is 11.3. The van der Waals surface area contributed by atoms with E-state index in [9.17, 15) is 4.79 Å². The van der Waals surface area contributed by atoms with Crippen LogP contribution in [0.25, 0.3) is 11.3 Å². The summed E-state index contributed by atoms with van der Waals surface area (Å²) in [5.74, 6) is 1.13. The number of nitrogens with zero attached hydrogens (tertiary/aromatic N) is 1. The van der Waals surface area contributed by atoms with Crippen molar-refractivity contribution in [2.75, 3.05) is 13.1 Å². The van der Waals surface area contributed by atoms with Gasteiger partial charge in [0.15, 0.2) is 0 Å². The molecule has 2 heterocycles. The zero-order valence-electron chi connectivity index (χ0n) is 14.8. The molecule has 128 valence electrons. The van der Waals surface area contributed by atoms with Crippen molar-refractivity contribution in [3.05, 3.63) is 47.7 Å². The SMILES string of the molecule is C[C@@H]1CN(C(=O)OC(C)(C)C)CCc2ccc(-c3ccco3)cc21. The molecule has 0 unspecified atom stereocenters. The minimum Gasteiger partial charge on any atom is -0.464 e. The Morgan fingerprint density at radius 3 is 2.75 bits per heavy atom. The van der Waals surface area contributed by atoms with Crippen molar-refractivity contribution >= 4 is 6.09 Å². The first-order valence-corrected chi connectivity index (χ1v) is 8.48. The van der Waals surface area contributed by atoms with Gasteiger partial charge in [0.05, 0.1) is 6.26 Å². The van der Waals surface area contributed by atoms with E-state index >= 15 is 0 Å². The molecule has 0 spiro atoms. The van der Waals surface area contributed by atoms with Crippen LogP contribution in [0.4, 0.5) is 4.79 Å². The highest BCUT2D eigenvalue weighted by atomic mass is 16.6. The fraction of sp³-hybridized carbons (Fsp3) is 0.450. The Hall–Kier alpha value is -2.23. The van der Waals surface area contributed by atoms with Gasteiger partial charge in [-0.3, -0.25) is 0 Å². The van der Waals surface area contributed by atoms with Crippen LogP contribution in [0.15, 0.2) is 41.0 Å². The van der Waals surface area contributed by atoms with Crippen LogP contribution in [0.3, 0.4) is 0 Å². The van der Waals surface area contributed by atoms with Crippen molar-refractivity contribution in [3.8, 4) is 11.3 Å². The van der Waals surface area contributed by atoms with Crippen LogP contribution in [-0.2, 0) is 11.2 Å². The van der Waals surface area contributed by atoms with Gasteiger partial charge in [-0.05, 0) is 62.4 Å². The third-order valence-electron chi connectivity index (χ3n) is 4.28. The van der Waals surface area contributed by atoms with E-state index in [4.69, 9.17) is 9.15 Å². The molecule has 1 atom stereocenters. The fourth-order valence-electron chi connectivity index (χ4n) is 3.15. The second kappa shape index (κ2) is 6.34. The molecular weight excluding hydrogens is 302 g/mol. The summed E-state index contributed by atoms with van der Waals surface area (Å²) in [5, 5.41) is 0. The van der Waals surface area contributed by atoms with Gasteiger partial charge in [-0.25, -0.2) is 4.79 Å². The van der Waals surface area contributed by atoms with Gasteiger partial charge in [-0.1, -0.05) is 19.1 Å². The van der Waals surface area contributed by atoms with E-state index in [-0.39, 0.29) is 12.0 Å². The average Bonchev–Trinajstić information content (AvgIpc) is 2.98. The van der Waals surface area contributed by atoms with Gasteiger partial charge >= 0.3 is 6.09 Å². The predicted molar refractivity (Wildman–Crippen MR) is 94.1 cm³/mol. The lowest BCUT2D eigenvalue weighted by Gasteiger charge is -2.27. The molecule has 2 aromatic rings. The lowest BCUT2D eigenvalue weighted by molar-refractivity contribution is 0.0248. The Kier molecular flexibility index (Phi) is 4.39. The molecule has 24 heavy (non-hydrogen) atoms. The third kappa shape index (κ3) is 3.64. The summed E-state index contributed by atoms with van der Waals surface area (Å²) in [4.78, 5) is 14.2. The molecule has 1 aromatic carbocycles. The standard InChI is InChI=1S/C20H25NO3/c1-14-13-21(19(22)24-20(2,3)4)10-9-15-7-8-16(12-17(14)15)18-6-5-11-23-18/h5-8,11-12,14H,9-10,13H2,1-4H3/t14-/m1/s1. The molecule has 1 aromatic heterocycles.